The van der Waals surface area contributed by atoms with E-state index in [9.17, 15) is 14.9 Å². The van der Waals surface area contributed by atoms with Crippen LogP contribution in [0.5, 0.6) is 0 Å². The highest BCUT2D eigenvalue weighted by atomic mass is 35.5. The highest BCUT2D eigenvalue weighted by molar-refractivity contribution is 6.33. The van der Waals surface area contributed by atoms with Crippen LogP contribution in [0, 0.1) is 10.1 Å². The molecule has 4 aromatic rings. The van der Waals surface area contributed by atoms with Crippen molar-refractivity contribution >= 4 is 39.7 Å². The first-order valence-electron chi connectivity index (χ1n) is 8.36. The summed E-state index contributed by atoms with van der Waals surface area (Å²) >= 11 is 6.13. The highest BCUT2D eigenvalue weighted by Crippen LogP contribution is 2.32. The fraction of sp³-hybridized carbons (Fsp3) is 0. The Morgan fingerprint density at radius 1 is 1.00 bits per heavy atom. The molecule has 0 aliphatic carbocycles. The van der Waals surface area contributed by atoms with E-state index < -0.39 is 10.8 Å². The number of carbonyl (C=O) groups is 1. The van der Waals surface area contributed by atoms with Crippen LogP contribution in [-0.4, -0.2) is 10.8 Å². The molecule has 1 aromatic heterocycles. The molecule has 0 fully saturated rings. The van der Waals surface area contributed by atoms with Gasteiger partial charge in [0.05, 0.1) is 9.95 Å². The van der Waals surface area contributed by atoms with E-state index in [1.165, 1.54) is 24.3 Å². The van der Waals surface area contributed by atoms with E-state index in [0.717, 1.165) is 10.8 Å². The number of nitrogens with one attached hydrogen (secondary N) is 1. The molecule has 138 valence electrons. The summed E-state index contributed by atoms with van der Waals surface area (Å²) in [6.45, 7) is 0. The topological polar surface area (TPSA) is 85.4 Å². The van der Waals surface area contributed by atoms with E-state index in [0.29, 0.717) is 17.0 Å². The second kappa shape index (κ2) is 7.17. The standard InChI is InChI=1S/C21H13ClN2O4/c22-17-12-14(24(26)27)8-9-16(17)19-10-11-20(28-19)21(25)23-18-7-3-5-13-4-1-2-6-15(13)18/h1-12H,(H,23,25). The number of nitro groups is 1. The largest absolute Gasteiger partial charge is 0.451 e. The number of nitrogens with zero attached hydrogens (tertiary/aromatic N) is 1. The molecular formula is C21H13ClN2O4. The van der Waals surface area contributed by atoms with Gasteiger partial charge in [0.25, 0.3) is 11.6 Å². The number of anilines is 1. The number of fused-ring (bicyclic) bond motifs is 1. The normalized spacial score (nSPS) is 10.8. The van der Waals surface area contributed by atoms with Gasteiger partial charge in [0.1, 0.15) is 5.76 Å². The van der Waals surface area contributed by atoms with Crippen LogP contribution >= 0.6 is 11.6 Å². The highest BCUT2D eigenvalue weighted by Gasteiger charge is 2.17. The van der Waals surface area contributed by atoms with Crippen LogP contribution in [0.2, 0.25) is 5.02 Å². The van der Waals surface area contributed by atoms with Crippen molar-refractivity contribution in [1.82, 2.24) is 0 Å². The quantitative estimate of drug-likeness (QED) is 0.345. The van der Waals surface area contributed by atoms with Crippen molar-refractivity contribution in [3.8, 4) is 11.3 Å². The Hall–Kier alpha value is -3.64. The Bertz CT molecular complexity index is 1210. The van der Waals surface area contributed by atoms with Crippen LogP contribution in [0.3, 0.4) is 0 Å². The molecule has 0 aliphatic rings. The van der Waals surface area contributed by atoms with E-state index in [4.69, 9.17) is 16.0 Å². The summed E-state index contributed by atoms with van der Waals surface area (Å²) in [6.07, 6.45) is 0. The van der Waals surface area contributed by atoms with Crippen molar-refractivity contribution in [1.29, 1.82) is 0 Å². The van der Waals surface area contributed by atoms with Crippen LogP contribution in [0.25, 0.3) is 22.1 Å². The molecule has 0 atom stereocenters. The SMILES string of the molecule is O=C(Nc1cccc2ccccc12)c1ccc(-c2ccc([N+](=O)[O-])cc2Cl)o1. The fourth-order valence-electron chi connectivity index (χ4n) is 2.94. The van der Waals surface area contributed by atoms with Crippen molar-refractivity contribution in [2.24, 2.45) is 0 Å². The Kier molecular flexibility index (Phi) is 4.55. The van der Waals surface area contributed by atoms with E-state index in [-0.39, 0.29) is 16.5 Å². The monoisotopic (exact) mass is 392 g/mol. The zero-order valence-electron chi connectivity index (χ0n) is 14.4. The summed E-state index contributed by atoms with van der Waals surface area (Å²) < 4.78 is 5.63. The number of benzene rings is 3. The molecule has 7 heteroatoms. The van der Waals surface area contributed by atoms with Gasteiger partial charge in [-0.25, -0.2) is 0 Å². The molecule has 1 heterocycles. The Balaban J connectivity index is 1.61. The van der Waals surface area contributed by atoms with Crippen molar-refractivity contribution < 1.29 is 14.1 Å². The molecule has 1 amide bonds. The summed E-state index contributed by atoms with van der Waals surface area (Å²) in [6, 6.07) is 20.6. The van der Waals surface area contributed by atoms with Gasteiger partial charge in [-0.05, 0) is 29.7 Å². The Morgan fingerprint density at radius 3 is 2.57 bits per heavy atom. The van der Waals surface area contributed by atoms with Crippen molar-refractivity contribution in [3.63, 3.8) is 0 Å². The lowest BCUT2D eigenvalue weighted by molar-refractivity contribution is -0.384. The van der Waals surface area contributed by atoms with E-state index in [2.05, 4.69) is 5.32 Å². The summed E-state index contributed by atoms with van der Waals surface area (Å²) in [5.41, 5.74) is 1.03. The minimum Gasteiger partial charge on any atom is -0.451 e. The molecular weight excluding hydrogens is 380 g/mol. The fourth-order valence-corrected chi connectivity index (χ4v) is 3.21. The van der Waals surface area contributed by atoms with Gasteiger partial charge in [-0.15, -0.1) is 0 Å². The molecule has 28 heavy (non-hydrogen) atoms. The molecule has 0 radical (unpaired) electrons. The second-order valence-electron chi connectivity index (χ2n) is 6.07. The Labute approximate surface area is 164 Å². The summed E-state index contributed by atoms with van der Waals surface area (Å²) in [5.74, 6) is 0.0564. The average molecular weight is 393 g/mol. The lowest BCUT2D eigenvalue weighted by atomic mass is 10.1. The van der Waals surface area contributed by atoms with Gasteiger partial charge in [0.2, 0.25) is 0 Å². The predicted molar refractivity (Wildman–Crippen MR) is 108 cm³/mol. The third-order valence-electron chi connectivity index (χ3n) is 4.30. The van der Waals surface area contributed by atoms with Gasteiger partial charge in [-0.1, -0.05) is 48.0 Å². The number of hydrogen-bond donors (Lipinski definition) is 1. The number of carbonyl (C=O) groups excluding carboxylic acids is 1. The zero-order valence-corrected chi connectivity index (χ0v) is 15.1. The number of halogens is 1. The molecule has 0 aliphatic heterocycles. The number of furan rings is 1. The van der Waals surface area contributed by atoms with Crippen LogP contribution < -0.4 is 5.32 Å². The second-order valence-corrected chi connectivity index (χ2v) is 6.47. The third kappa shape index (κ3) is 3.33. The summed E-state index contributed by atoms with van der Waals surface area (Å²) in [5, 5.41) is 15.8. The smallest absolute Gasteiger partial charge is 0.291 e. The lowest BCUT2D eigenvalue weighted by Crippen LogP contribution is -2.11. The van der Waals surface area contributed by atoms with Crippen LogP contribution in [0.4, 0.5) is 11.4 Å². The molecule has 0 saturated carbocycles. The van der Waals surface area contributed by atoms with E-state index in [1.807, 2.05) is 42.5 Å². The predicted octanol–water partition coefficient (Wildman–Crippen LogP) is 5.91. The van der Waals surface area contributed by atoms with Gasteiger partial charge in [-0.2, -0.15) is 0 Å². The van der Waals surface area contributed by atoms with Crippen LogP contribution in [0.15, 0.2) is 77.2 Å². The minimum atomic E-state index is -0.527. The number of nitro benzene ring substituents is 1. The number of rotatable bonds is 4. The van der Waals surface area contributed by atoms with E-state index in [1.54, 1.807) is 6.07 Å². The zero-order chi connectivity index (χ0) is 19.7. The van der Waals surface area contributed by atoms with E-state index >= 15 is 0 Å². The first-order valence-corrected chi connectivity index (χ1v) is 8.74. The summed E-state index contributed by atoms with van der Waals surface area (Å²) in [4.78, 5) is 22.9. The maximum Gasteiger partial charge on any atom is 0.291 e. The molecule has 4 rings (SSSR count). The maximum atomic E-state index is 12.6. The third-order valence-corrected chi connectivity index (χ3v) is 4.61. The first-order chi connectivity index (χ1) is 13.5. The number of amides is 1. The minimum absolute atomic E-state index is 0.109. The number of hydrogen-bond acceptors (Lipinski definition) is 4. The molecule has 1 N–H and O–H groups in total. The average Bonchev–Trinajstić information content (AvgIpc) is 3.18. The molecule has 0 unspecified atom stereocenters. The van der Waals surface area contributed by atoms with Crippen LogP contribution in [0.1, 0.15) is 10.6 Å². The summed E-state index contributed by atoms with van der Waals surface area (Å²) in [7, 11) is 0. The van der Waals surface area contributed by atoms with Crippen molar-refractivity contribution in [2.45, 2.75) is 0 Å². The Morgan fingerprint density at radius 2 is 1.79 bits per heavy atom. The van der Waals surface area contributed by atoms with Gasteiger partial charge < -0.3 is 9.73 Å². The number of non-ortho nitro benzene ring substituents is 1. The van der Waals surface area contributed by atoms with Gasteiger partial charge >= 0.3 is 0 Å². The van der Waals surface area contributed by atoms with Crippen molar-refractivity contribution in [2.75, 3.05) is 5.32 Å². The van der Waals surface area contributed by atoms with Gasteiger partial charge in [-0.3, -0.25) is 14.9 Å². The van der Waals surface area contributed by atoms with Crippen molar-refractivity contribution in [3.05, 3.63) is 93.7 Å². The lowest BCUT2D eigenvalue weighted by Gasteiger charge is -2.07. The molecule has 0 spiro atoms. The van der Waals surface area contributed by atoms with Gasteiger partial charge in [0.15, 0.2) is 5.76 Å². The molecule has 0 saturated heterocycles. The molecule has 3 aromatic carbocycles. The molecule has 0 bridgehead atoms. The molecule has 6 nitrogen and oxygen atoms in total. The maximum absolute atomic E-state index is 12.6. The van der Waals surface area contributed by atoms with Gasteiger partial charge in [0, 0.05) is 28.8 Å². The first kappa shape index (κ1) is 17.8. The van der Waals surface area contributed by atoms with Crippen LogP contribution in [-0.2, 0) is 0 Å².